The molecule has 0 fully saturated rings. The van der Waals surface area contributed by atoms with Gasteiger partial charge in [0.05, 0.1) is 210 Å². The number of benzene rings is 3. The van der Waals surface area contributed by atoms with Crippen molar-refractivity contribution in [2.75, 3.05) is 47.3 Å². The van der Waals surface area contributed by atoms with E-state index in [9.17, 15) is 83.0 Å². The molecule has 49 heteroatoms. The van der Waals surface area contributed by atoms with E-state index < -0.39 is 81.5 Å². The quantitative estimate of drug-likeness (QED) is 0.0174. The van der Waals surface area contributed by atoms with Gasteiger partial charge in [0.15, 0.2) is 69.7 Å². The van der Waals surface area contributed by atoms with Crippen molar-refractivity contribution < 1.29 is 137 Å². The second-order valence-corrected chi connectivity index (χ2v) is 33.2. The average Bonchev–Trinajstić information content (AvgIpc) is 1.63. The summed E-state index contributed by atoms with van der Waals surface area (Å²) >= 11 is 2.25. The molecule has 10 aromatic rings. The maximum absolute atomic E-state index is 13.5. The van der Waals surface area contributed by atoms with Crippen LogP contribution in [0.4, 0.5) is 54.8 Å². The molecule has 16 rings (SSSR count). The minimum atomic E-state index is -1.57. The number of ether oxygens (including phenoxy) is 5. The Kier molecular flexibility index (Phi) is 42.6. The SMILES string of the molecule is C.C.CO.COC(=O)C1=CCN=C1.COC(=O)c1cnn(-c2cnn3c2CN(C(=O)Cc2cc(F)c(F)c(F)c2)[C@@H](C)C3)c1.COC(=O)c1cnn(-c2cnn3c2CN(C(=O)OC(C)(C)C)[C@@H](C)C3)c1.C[C@H]1Cn2ncc(-n3cc(CO)cn3)c2CN1C(=O)Cc1cc(F)c(F)c(F)c1.C[C@H]1Cn2ncc(I)c2CN1C(=O)OC(C)(C)C.Nc1cc(F)c(F)c(F)c1.O=C(O)C1=CCN=C1.[AlH3].[H-].[Li+]. The third kappa shape index (κ3) is 29.9. The van der Waals surface area contributed by atoms with Crippen LogP contribution >= 0.6 is 22.6 Å². The molecule has 37 nitrogen and oxygen atoms in total. The first kappa shape index (κ1) is 115. The molecule has 6 aliphatic rings. The summed E-state index contributed by atoms with van der Waals surface area (Å²) in [5, 5.41) is 54.4. The van der Waals surface area contributed by atoms with Crippen molar-refractivity contribution in [1.29, 1.82) is 0 Å². The molecule has 0 saturated carbocycles. The minimum Gasteiger partial charge on any atom is -1.00 e. The smallest absolute Gasteiger partial charge is 1.00 e. The number of aliphatic hydroxyl groups excluding tert-OH is 2. The van der Waals surface area contributed by atoms with Crippen LogP contribution in [-0.4, -0.2) is 258 Å². The standard InChI is InChI=1S/C20H18F3N5O3.C19H18F3N5O2.C17H23N5O4.C12H18IN3O2.C6H4F3N.C6H7NO2.C5H5NO2.CH4O.2CH4.Al.Li.4H/c1-11-8-27-17(16(7-25-27)28-9-13(6-24-28)20(30)31-2)10-26(11)18(29)5-12-3-14(21)19(23)15(22)4-12;1-11-7-26-17(16(6-24-26)27-8-13(10-28)5-23-27)9-25(11)18(29)4-12-2-14(20)19(22)15(21)3-12;1-11-8-21-14(10-20(11)16(24)26-17(2,3)4)13(7-19-21)22-9-12(6-18-22)15(23)25-5;1-8-6-16-10(9(13)5-14-16)7-15(8)11(17)18-12(2,3)4;7-4-1-3(10)2-5(8)6(4)9;1-9-6(8)5-2-3-7-4-5;7-5(8)4-1-2-6-3-4;1-2;;;;;;;;/h3-4,6-7,9,11H,5,8,10H2,1-2H3;2-3,5-6,8,11,28H,4,7,9-10H2,1H3;6-7,9,11H,8,10H2,1-5H3;5,8H,6-7H2,1-4H3;1-2H,10H2;2,4H,3H2,1H3;1,3H,2H2,(H,7,8);2H,1H3;2*1H4;;;;;;/q;;;;;;;;;;;+1;;;;-1/t3*11-;8-;;;;;;;;;;;;/m0000............/s1. The van der Waals surface area contributed by atoms with Crippen LogP contribution in [0.1, 0.15) is 146 Å². The van der Waals surface area contributed by atoms with Crippen LogP contribution in [0.3, 0.4) is 0 Å². The van der Waals surface area contributed by atoms with Gasteiger partial charge in [-0.1, -0.05) is 14.9 Å². The number of aliphatic imine (C=N–C) groups is 2. The largest absolute Gasteiger partial charge is 1.00 e. The van der Waals surface area contributed by atoms with Gasteiger partial charge in [-0.3, -0.25) is 48.1 Å². The molecular formula is C88H109AlF9ILiN21O16. The number of carbonyl (C=O) groups is 8. The fraction of sp³-hybridized carbons (Fsp3) is 0.398. The minimum absolute atomic E-state index is 0. The molecule has 0 unspecified atom stereocenters. The fourth-order valence-corrected chi connectivity index (χ4v) is 14.1. The number of carboxylic acids is 1. The van der Waals surface area contributed by atoms with Crippen molar-refractivity contribution in [2.45, 2.75) is 191 Å². The molecule has 0 spiro atoms. The van der Waals surface area contributed by atoms with Crippen LogP contribution in [0.25, 0.3) is 17.1 Å². The average molecular weight is 2050 g/mol. The molecule has 137 heavy (non-hydrogen) atoms. The Morgan fingerprint density at radius 2 is 0.766 bits per heavy atom. The fourth-order valence-electron chi connectivity index (χ4n) is 13.5. The van der Waals surface area contributed by atoms with E-state index in [4.69, 9.17) is 30.2 Å². The van der Waals surface area contributed by atoms with E-state index in [-0.39, 0.29) is 162 Å². The topological polar surface area (TPSA) is 432 Å². The van der Waals surface area contributed by atoms with Gasteiger partial charge in [0.25, 0.3) is 0 Å². The van der Waals surface area contributed by atoms with Crippen molar-refractivity contribution >= 4 is 106 Å². The number of nitrogen functional groups attached to an aromatic ring is 1. The van der Waals surface area contributed by atoms with E-state index in [2.05, 4.69) is 77.7 Å². The number of amides is 4. The van der Waals surface area contributed by atoms with E-state index in [1.165, 1.54) is 63.2 Å². The van der Waals surface area contributed by atoms with Crippen LogP contribution in [0.5, 0.6) is 0 Å². The van der Waals surface area contributed by atoms with Crippen molar-refractivity contribution in [1.82, 2.24) is 88.1 Å². The van der Waals surface area contributed by atoms with Crippen molar-refractivity contribution in [3.8, 4) is 17.1 Å². The zero-order valence-corrected chi connectivity index (χ0v) is 77.7. The summed E-state index contributed by atoms with van der Waals surface area (Å²) in [6, 6.07) is 4.38. The molecule has 736 valence electrons. The second-order valence-electron chi connectivity index (χ2n) is 32.0. The number of hydrogen-bond donors (Lipinski definition) is 4. The molecule has 0 bridgehead atoms. The van der Waals surface area contributed by atoms with Gasteiger partial charge in [-0.2, -0.15) is 35.7 Å². The zero-order chi connectivity index (χ0) is 97.9. The van der Waals surface area contributed by atoms with Crippen molar-refractivity contribution in [3.05, 3.63) is 228 Å². The molecule has 0 radical (unpaired) electrons. The number of esters is 3. The monoisotopic (exact) mass is 2050 g/mol. The number of carbonyl (C=O) groups excluding carboxylic acids is 7. The van der Waals surface area contributed by atoms with Gasteiger partial charge < -0.3 is 56.0 Å². The molecule has 4 amide bonds. The number of anilines is 1. The number of fused-ring (bicyclic) bond motifs is 4. The molecule has 4 atom stereocenters. The third-order valence-electron chi connectivity index (χ3n) is 20.1. The molecule has 0 aliphatic carbocycles. The number of nitrogens with zero attached hydrogens (tertiary/aromatic N) is 20. The van der Waals surface area contributed by atoms with E-state index in [1.54, 1.807) is 81.5 Å². The number of aliphatic carboxylic acids is 1. The summed E-state index contributed by atoms with van der Waals surface area (Å²) in [4.78, 5) is 108. The summed E-state index contributed by atoms with van der Waals surface area (Å²) in [6.45, 7) is 23.2. The Labute approximate surface area is 820 Å². The van der Waals surface area contributed by atoms with Crippen LogP contribution in [0.15, 0.2) is 132 Å². The Bertz CT molecular complexity index is 5980. The molecule has 3 aromatic carbocycles. The predicted octanol–water partition coefficient (Wildman–Crippen LogP) is 7.57. The van der Waals surface area contributed by atoms with Gasteiger partial charge in [-0.05, 0) is 139 Å². The molecule has 7 aromatic heterocycles. The Morgan fingerprint density at radius 1 is 0.453 bits per heavy atom. The Hall–Kier alpha value is -12.7. The number of aliphatic hydroxyl groups is 2. The first-order valence-electron chi connectivity index (χ1n) is 40.6. The second kappa shape index (κ2) is 50.9. The van der Waals surface area contributed by atoms with Gasteiger partial charge in [-0.15, -0.1) is 0 Å². The summed E-state index contributed by atoms with van der Waals surface area (Å²) < 4.78 is 154. The molecule has 6 aliphatic heterocycles. The summed E-state index contributed by atoms with van der Waals surface area (Å²) in [6.07, 6.45) is 20.8. The zero-order valence-electron chi connectivity index (χ0n) is 76.5. The van der Waals surface area contributed by atoms with E-state index in [0.29, 0.717) is 90.8 Å². The third-order valence-corrected chi connectivity index (χ3v) is 21.0. The van der Waals surface area contributed by atoms with Gasteiger partial charge in [0, 0.05) is 73.6 Å². The molecule has 0 saturated heterocycles. The number of halogens is 10. The predicted molar refractivity (Wildman–Crippen MR) is 490 cm³/mol. The summed E-state index contributed by atoms with van der Waals surface area (Å²) in [5.74, 6) is -15.4. The van der Waals surface area contributed by atoms with Crippen LogP contribution < -0.4 is 24.6 Å². The Balaban J connectivity index is 0.000000349. The number of carboxylic acid groups (broad SMARTS) is 1. The van der Waals surface area contributed by atoms with Crippen LogP contribution in [-0.2, 0) is 115 Å². The molecular weight excluding hydrogens is 1940 g/mol. The maximum atomic E-state index is 13.5. The van der Waals surface area contributed by atoms with Gasteiger partial charge in [-0.25, -0.2) is 82.3 Å². The molecule has 13 heterocycles. The number of aromatic nitrogens is 14. The summed E-state index contributed by atoms with van der Waals surface area (Å²) in [7, 11) is 4.95. The van der Waals surface area contributed by atoms with Crippen LogP contribution in [0.2, 0.25) is 0 Å². The Morgan fingerprint density at radius 3 is 1.09 bits per heavy atom. The van der Waals surface area contributed by atoms with Crippen LogP contribution in [0, 0.1) is 55.9 Å². The maximum Gasteiger partial charge on any atom is 1.00 e. The first-order chi connectivity index (χ1) is 62.9. The number of hydrogen-bond acceptors (Lipinski definition) is 25. The number of rotatable bonds is 12. The normalized spacial score (nSPS) is 15.5. The first-order valence-corrected chi connectivity index (χ1v) is 41.6. The van der Waals surface area contributed by atoms with Gasteiger partial charge >= 0.3 is 54.9 Å². The molecule has 5 N–H and O–H groups in total. The van der Waals surface area contributed by atoms with Gasteiger partial charge in [0.1, 0.15) is 28.3 Å². The van der Waals surface area contributed by atoms with Crippen molar-refractivity contribution in [3.63, 3.8) is 0 Å². The number of methoxy groups -OCH3 is 3. The van der Waals surface area contributed by atoms with Crippen molar-refractivity contribution in [2.24, 2.45) is 9.98 Å². The summed E-state index contributed by atoms with van der Waals surface area (Å²) in [5.41, 5.74) is 11.4. The van der Waals surface area contributed by atoms with E-state index in [0.717, 1.165) is 70.7 Å². The number of nitrogens with two attached hydrogens (primary N) is 1. The van der Waals surface area contributed by atoms with E-state index in [1.807, 2.05) is 84.8 Å². The van der Waals surface area contributed by atoms with Gasteiger partial charge in [0.2, 0.25) is 11.8 Å². The van der Waals surface area contributed by atoms with E-state index >= 15 is 0 Å².